The number of rotatable bonds is 14. The van der Waals surface area contributed by atoms with Gasteiger partial charge in [0, 0.05) is 26.2 Å². The minimum Gasteiger partial charge on any atom is -0.479 e. The zero-order valence-corrected chi connectivity index (χ0v) is 23.4. The van der Waals surface area contributed by atoms with E-state index in [4.69, 9.17) is 14.2 Å². The second-order valence-electron chi connectivity index (χ2n) is 10.8. The van der Waals surface area contributed by atoms with Crippen molar-refractivity contribution >= 4 is 24.1 Å². The van der Waals surface area contributed by atoms with Gasteiger partial charge in [0.2, 0.25) is 6.10 Å². The Hall–Kier alpha value is -3.34. The average Bonchev–Trinajstić information content (AvgIpc) is 2.78. The van der Waals surface area contributed by atoms with Crippen molar-refractivity contribution < 1.29 is 38.5 Å². The summed E-state index contributed by atoms with van der Waals surface area (Å²) < 4.78 is 16.0. The molecule has 1 atom stereocenters. The molecule has 38 heavy (non-hydrogen) atoms. The molecule has 214 valence electrons. The number of benzene rings is 1. The summed E-state index contributed by atoms with van der Waals surface area (Å²) in [5, 5.41) is 14.6. The van der Waals surface area contributed by atoms with E-state index in [1.807, 2.05) is 6.07 Å². The van der Waals surface area contributed by atoms with Crippen LogP contribution in [-0.2, 0) is 30.4 Å². The maximum atomic E-state index is 12.6. The van der Waals surface area contributed by atoms with E-state index in [1.165, 1.54) is 0 Å². The van der Waals surface area contributed by atoms with Gasteiger partial charge >= 0.3 is 18.2 Å². The molecular formula is C27H43N3O8. The lowest BCUT2D eigenvalue weighted by molar-refractivity contribution is -0.158. The van der Waals surface area contributed by atoms with Crippen molar-refractivity contribution in [3.63, 3.8) is 0 Å². The lowest BCUT2D eigenvalue weighted by atomic mass is 10.2. The molecule has 0 saturated heterocycles. The molecular weight excluding hydrogens is 494 g/mol. The van der Waals surface area contributed by atoms with Gasteiger partial charge < -0.3 is 34.9 Å². The Bertz CT molecular complexity index is 894. The number of carboxylic acids is 1. The SMILES string of the molecule is CC(C)(C)OC(=O)NCCCN(CCCCNC(=O)C(OCc1ccccc1)C(=O)O)C(=O)OC(C)(C)C. The molecule has 0 aromatic heterocycles. The minimum absolute atomic E-state index is 0.00113. The van der Waals surface area contributed by atoms with Crippen molar-refractivity contribution in [3.8, 4) is 0 Å². The van der Waals surface area contributed by atoms with Gasteiger partial charge in [-0.3, -0.25) is 4.79 Å². The molecule has 1 aromatic carbocycles. The predicted octanol–water partition coefficient (Wildman–Crippen LogP) is 3.70. The molecule has 0 aliphatic carbocycles. The topological polar surface area (TPSA) is 144 Å². The molecule has 3 amide bonds. The third kappa shape index (κ3) is 15.0. The lowest BCUT2D eigenvalue weighted by Crippen LogP contribution is -2.42. The van der Waals surface area contributed by atoms with Crippen LogP contribution in [0.15, 0.2) is 30.3 Å². The molecule has 0 aliphatic heterocycles. The molecule has 0 fully saturated rings. The van der Waals surface area contributed by atoms with Crippen LogP contribution in [0.25, 0.3) is 0 Å². The van der Waals surface area contributed by atoms with Crippen molar-refractivity contribution in [1.29, 1.82) is 0 Å². The third-order valence-electron chi connectivity index (χ3n) is 4.80. The number of ether oxygens (including phenoxy) is 3. The van der Waals surface area contributed by atoms with Crippen LogP contribution in [0.3, 0.4) is 0 Å². The maximum absolute atomic E-state index is 12.6. The van der Waals surface area contributed by atoms with Gasteiger partial charge in [0.15, 0.2) is 0 Å². The third-order valence-corrected chi connectivity index (χ3v) is 4.80. The summed E-state index contributed by atoms with van der Waals surface area (Å²) in [4.78, 5) is 49.8. The summed E-state index contributed by atoms with van der Waals surface area (Å²) in [6, 6.07) is 8.98. The van der Waals surface area contributed by atoms with Crippen LogP contribution in [-0.4, -0.2) is 77.6 Å². The summed E-state index contributed by atoms with van der Waals surface area (Å²) >= 11 is 0. The Morgan fingerprint density at radius 1 is 0.842 bits per heavy atom. The number of amides is 3. The second-order valence-corrected chi connectivity index (χ2v) is 10.8. The van der Waals surface area contributed by atoms with E-state index in [1.54, 1.807) is 70.7 Å². The van der Waals surface area contributed by atoms with Crippen LogP contribution < -0.4 is 10.6 Å². The number of carbonyl (C=O) groups excluding carboxylic acids is 3. The fourth-order valence-corrected chi connectivity index (χ4v) is 3.14. The Kier molecular flexibility index (Phi) is 13.6. The van der Waals surface area contributed by atoms with Gasteiger partial charge in [0.05, 0.1) is 6.61 Å². The van der Waals surface area contributed by atoms with Crippen molar-refractivity contribution in [1.82, 2.24) is 15.5 Å². The van der Waals surface area contributed by atoms with Crippen LogP contribution in [0.4, 0.5) is 9.59 Å². The van der Waals surface area contributed by atoms with Crippen molar-refractivity contribution in [3.05, 3.63) is 35.9 Å². The summed E-state index contributed by atoms with van der Waals surface area (Å²) in [6.07, 6.45) is -1.07. The van der Waals surface area contributed by atoms with Crippen molar-refractivity contribution in [2.24, 2.45) is 0 Å². The zero-order valence-electron chi connectivity index (χ0n) is 23.4. The fraction of sp³-hybridized carbons (Fsp3) is 0.630. The molecule has 1 rings (SSSR count). The molecule has 1 aromatic rings. The highest BCUT2D eigenvalue weighted by atomic mass is 16.6. The van der Waals surface area contributed by atoms with Crippen molar-refractivity contribution in [2.45, 2.75) is 84.7 Å². The summed E-state index contributed by atoms with van der Waals surface area (Å²) in [5.41, 5.74) is -0.500. The van der Waals surface area contributed by atoms with E-state index in [0.29, 0.717) is 38.9 Å². The fourth-order valence-electron chi connectivity index (χ4n) is 3.14. The van der Waals surface area contributed by atoms with Crippen LogP contribution >= 0.6 is 0 Å². The molecule has 11 nitrogen and oxygen atoms in total. The van der Waals surface area contributed by atoms with Gasteiger partial charge in [0.25, 0.3) is 5.91 Å². The first kappa shape index (κ1) is 32.7. The number of carboxylic acid groups (broad SMARTS) is 1. The van der Waals surface area contributed by atoms with E-state index in [-0.39, 0.29) is 13.2 Å². The molecule has 0 radical (unpaired) electrons. The number of nitrogens with zero attached hydrogens (tertiary/aromatic N) is 1. The van der Waals surface area contributed by atoms with Crippen LogP contribution in [0, 0.1) is 0 Å². The molecule has 0 aliphatic rings. The summed E-state index contributed by atoms with van der Waals surface area (Å²) in [6.45, 7) is 11.9. The Balaban J connectivity index is 2.49. The van der Waals surface area contributed by atoms with Gasteiger partial charge in [0.1, 0.15) is 11.2 Å². The summed E-state index contributed by atoms with van der Waals surface area (Å²) in [5.74, 6) is -2.10. The van der Waals surface area contributed by atoms with Gasteiger partial charge in [-0.15, -0.1) is 0 Å². The number of aliphatic carboxylic acids is 1. The van der Waals surface area contributed by atoms with Crippen LogP contribution in [0.5, 0.6) is 0 Å². The van der Waals surface area contributed by atoms with Crippen molar-refractivity contribution in [2.75, 3.05) is 26.2 Å². The number of hydrogen-bond acceptors (Lipinski definition) is 7. The average molecular weight is 538 g/mol. The van der Waals surface area contributed by atoms with E-state index in [2.05, 4.69) is 10.6 Å². The van der Waals surface area contributed by atoms with Gasteiger partial charge in [-0.1, -0.05) is 30.3 Å². The van der Waals surface area contributed by atoms with E-state index in [0.717, 1.165) is 5.56 Å². The number of hydrogen-bond donors (Lipinski definition) is 3. The Morgan fingerprint density at radius 2 is 1.42 bits per heavy atom. The molecule has 1 unspecified atom stereocenters. The molecule has 0 bridgehead atoms. The lowest BCUT2D eigenvalue weighted by Gasteiger charge is -2.27. The van der Waals surface area contributed by atoms with Gasteiger partial charge in [-0.2, -0.15) is 0 Å². The first-order chi connectivity index (χ1) is 17.7. The van der Waals surface area contributed by atoms with Crippen LogP contribution in [0.2, 0.25) is 0 Å². The quantitative estimate of drug-likeness (QED) is 0.241. The molecule has 0 heterocycles. The standard InChI is InChI=1S/C27H43N3O8/c1-26(2,3)37-24(34)29-16-12-18-30(25(35)38-27(4,5)6)17-11-10-15-28-22(31)21(23(32)33)36-19-20-13-8-7-9-14-20/h7-9,13-14,21H,10-12,15-19H2,1-6H3,(H,28,31)(H,29,34)(H,32,33). The predicted molar refractivity (Wildman–Crippen MR) is 142 cm³/mol. The second kappa shape index (κ2) is 15.8. The maximum Gasteiger partial charge on any atom is 0.410 e. The van der Waals surface area contributed by atoms with Gasteiger partial charge in [-0.05, 0) is 66.4 Å². The Morgan fingerprint density at radius 3 is 2.00 bits per heavy atom. The normalized spacial score (nSPS) is 12.3. The smallest absolute Gasteiger partial charge is 0.410 e. The summed E-state index contributed by atoms with van der Waals surface area (Å²) in [7, 11) is 0. The molecule has 0 saturated carbocycles. The van der Waals surface area contributed by atoms with E-state index in [9.17, 15) is 24.3 Å². The van der Waals surface area contributed by atoms with Crippen LogP contribution in [0.1, 0.15) is 66.4 Å². The number of alkyl carbamates (subject to hydrolysis) is 1. The monoisotopic (exact) mass is 537 g/mol. The molecule has 3 N–H and O–H groups in total. The van der Waals surface area contributed by atoms with E-state index >= 15 is 0 Å². The van der Waals surface area contributed by atoms with Gasteiger partial charge in [-0.25, -0.2) is 14.4 Å². The highest BCUT2D eigenvalue weighted by Crippen LogP contribution is 2.11. The highest BCUT2D eigenvalue weighted by molar-refractivity contribution is 5.99. The Labute approximate surface area is 225 Å². The number of nitrogens with one attached hydrogen (secondary N) is 2. The first-order valence-corrected chi connectivity index (χ1v) is 12.8. The largest absolute Gasteiger partial charge is 0.479 e. The molecule has 0 spiro atoms. The molecule has 11 heteroatoms. The number of unbranched alkanes of at least 4 members (excludes halogenated alkanes) is 1. The van der Waals surface area contributed by atoms with E-state index < -0.39 is 41.4 Å². The highest BCUT2D eigenvalue weighted by Gasteiger charge is 2.27. The zero-order chi connectivity index (χ0) is 28.8. The number of carbonyl (C=O) groups is 4. The minimum atomic E-state index is -1.62. The first-order valence-electron chi connectivity index (χ1n) is 12.8.